The van der Waals surface area contributed by atoms with Crippen LogP contribution in [0, 0.1) is 0 Å². The Morgan fingerprint density at radius 1 is 1.21 bits per heavy atom. The summed E-state index contributed by atoms with van der Waals surface area (Å²) in [6.07, 6.45) is 4.36. The zero-order valence-electron chi connectivity index (χ0n) is 8.68. The highest BCUT2D eigenvalue weighted by molar-refractivity contribution is 6.24. The van der Waals surface area contributed by atoms with Crippen LogP contribution >= 0.6 is 11.6 Å². The SMILES string of the molecule is CCC1=Cc2ccc(CC)cc2C1Cl. The van der Waals surface area contributed by atoms with Gasteiger partial charge < -0.3 is 0 Å². The lowest BCUT2D eigenvalue weighted by molar-refractivity contribution is 1.00. The van der Waals surface area contributed by atoms with Gasteiger partial charge in [0.15, 0.2) is 0 Å². The third kappa shape index (κ3) is 1.48. The Morgan fingerprint density at radius 3 is 2.64 bits per heavy atom. The van der Waals surface area contributed by atoms with Gasteiger partial charge in [0, 0.05) is 0 Å². The first-order valence-electron chi connectivity index (χ1n) is 5.23. The van der Waals surface area contributed by atoms with E-state index in [0.717, 1.165) is 12.8 Å². The quantitative estimate of drug-likeness (QED) is 0.632. The van der Waals surface area contributed by atoms with E-state index in [-0.39, 0.29) is 5.38 Å². The molecule has 0 N–H and O–H groups in total. The molecule has 1 aromatic carbocycles. The first-order valence-corrected chi connectivity index (χ1v) is 5.67. The normalized spacial score (nSPS) is 19.4. The van der Waals surface area contributed by atoms with Gasteiger partial charge in [-0.1, -0.05) is 38.1 Å². The fourth-order valence-corrected chi connectivity index (χ4v) is 2.36. The number of hydrogen-bond donors (Lipinski definition) is 0. The molecule has 2 rings (SSSR count). The summed E-state index contributed by atoms with van der Waals surface area (Å²) in [4.78, 5) is 0. The van der Waals surface area contributed by atoms with E-state index in [0.29, 0.717) is 0 Å². The molecule has 14 heavy (non-hydrogen) atoms. The summed E-state index contributed by atoms with van der Waals surface area (Å²) >= 11 is 6.37. The Balaban J connectivity index is 2.42. The largest absolute Gasteiger partial charge is 0.113 e. The van der Waals surface area contributed by atoms with Gasteiger partial charge >= 0.3 is 0 Å². The molecule has 0 bridgehead atoms. The van der Waals surface area contributed by atoms with Crippen molar-refractivity contribution in [2.45, 2.75) is 32.1 Å². The summed E-state index contributed by atoms with van der Waals surface area (Å²) in [6, 6.07) is 6.62. The van der Waals surface area contributed by atoms with Crippen LogP contribution in [0.4, 0.5) is 0 Å². The topological polar surface area (TPSA) is 0 Å². The van der Waals surface area contributed by atoms with Gasteiger partial charge in [0.1, 0.15) is 0 Å². The molecule has 1 atom stereocenters. The van der Waals surface area contributed by atoms with Crippen LogP contribution in [-0.2, 0) is 6.42 Å². The molecule has 0 aromatic heterocycles. The van der Waals surface area contributed by atoms with E-state index in [2.05, 4.69) is 38.1 Å². The number of aryl methyl sites for hydroxylation is 1. The highest BCUT2D eigenvalue weighted by Crippen LogP contribution is 2.40. The van der Waals surface area contributed by atoms with Gasteiger partial charge in [-0.25, -0.2) is 0 Å². The number of hydrogen-bond acceptors (Lipinski definition) is 0. The Hall–Kier alpha value is -0.750. The molecule has 1 aromatic rings. The molecule has 1 aliphatic carbocycles. The molecule has 74 valence electrons. The number of benzene rings is 1. The molecule has 1 unspecified atom stereocenters. The van der Waals surface area contributed by atoms with Crippen LogP contribution in [0.25, 0.3) is 6.08 Å². The van der Waals surface area contributed by atoms with Crippen LogP contribution in [0.3, 0.4) is 0 Å². The van der Waals surface area contributed by atoms with Crippen LogP contribution in [0.15, 0.2) is 23.8 Å². The lowest BCUT2D eigenvalue weighted by Crippen LogP contribution is -1.91. The van der Waals surface area contributed by atoms with Gasteiger partial charge in [-0.15, -0.1) is 11.6 Å². The molecule has 0 radical (unpaired) electrons. The minimum atomic E-state index is 0.112. The van der Waals surface area contributed by atoms with Crippen molar-refractivity contribution >= 4 is 17.7 Å². The predicted molar refractivity (Wildman–Crippen MR) is 62.7 cm³/mol. The third-order valence-electron chi connectivity index (χ3n) is 2.91. The van der Waals surface area contributed by atoms with Crippen LogP contribution in [0.2, 0.25) is 0 Å². The fraction of sp³-hybridized carbons (Fsp3) is 0.385. The highest BCUT2D eigenvalue weighted by Gasteiger charge is 2.21. The van der Waals surface area contributed by atoms with Gasteiger partial charge in [-0.05, 0) is 35.1 Å². The van der Waals surface area contributed by atoms with E-state index in [1.54, 1.807) is 0 Å². The summed E-state index contributed by atoms with van der Waals surface area (Å²) in [5, 5.41) is 0.112. The summed E-state index contributed by atoms with van der Waals surface area (Å²) < 4.78 is 0. The Kier molecular flexibility index (Phi) is 2.64. The standard InChI is InChI=1S/C13H15Cl/c1-3-9-5-6-11-8-10(4-2)13(14)12(11)7-9/h5-8,13H,3-4H2,1-2H3. The van der Waals surface area contributed by atoms with Crippen LogP contribution < -0.4 is 0 Å². The molecule has 1 heteroatoms. The first kappa shape index (κ1) is 9.79. The minimum absolute atomic E-state index is 0.112. The Labute approximate surface area is 90.6 Å². The maximum absolute atomic E-state index is 6.37. The second kappa shape index (κ2) is 3.78. The van der Waals surface area contributed by atoms with E-state index in [1.165, 1.54) is 22.3 Å². The summed E-state index contributed by atoms with van der Waals surface area (Å²) in [5.74, 6) is 0. The van der Waals surface area contributed by atoms with Gasteiger partial charge in [-0.2, -0.15) is 0 Å². The predicted octanol–water partition coefficient (Wildman–Crippen LogP) is 4.34. The number of alkyl halides is 1. The monoisotopic (exact) mass is 206 g/mol. The smallest absolute Gasteiger partial charge is 0.0804 e. The molecule has 0 aliphatic heterocycles. The van der Waals surface area contributed by atoms with E-state index in [1.807, 2.05) is 0 Å². The van der Waals surface area contributed by atoms with Crippen LogP contribution in [0.5, 0.6) is 0 Å². The van der Waals surface area contributed by atoms with Gasteiger partial charge in [-0.3, -0.25) is 0 Å². The van der Waals surface area contributed by atoms with Crippen molar-refractivity contribution in [3.05, 3.63) is 40.5 Å². The maximum Gasteiger partial charge on any atom is 0.0804 e. The van der Waals surface area contributed by atoms with Crippen molar-refractivity contribution in [3.8, 4) is 0 Å². The minimum Gasteiger partial charge on any atom is -0.113 e. The van der Waals surface area contributed by atoms with Gasteiger partial charge in [0.25, 0.3) is 0 Å². The van der Waals surface area contributed by atoms with Crippen molar-refractivity contribution in [1.82, 2.24) is 0 Å². The lowest BCUT2D eigenvalue weighted by atomic mass is 10.0. The summed E-state index contributed by atoms with van der Waals surface area (Å²) in [5.41, 5.74) is 5.32. The van der Waals surface area contributed by atoms with Crippen molar-refractivity contribution in [2.75, 3.05) is 0 Å². The molecule has 0 nitrogen and oxygen atoms in total. The van der Waals surface area contributed by atoms with E-state index in [4.69, 9.17) is 11.6 Å². The highest BCUT2D eigenvalue weighted by atomic mass is 35.5. The molecule has 1 aliphatic rings. The first-order chi connectivity index (χ1) is 6.76. The average Bonchev–Trinajstić information content (AvgIpc) is 2.55. The average molecular weight is 207 g/mol. The van der Waals surface area contributed by atoms with Crippen LogP contribution in [0.1, 0.15) is 42.3 Å². The van der Waals surface area contributed by atoms with Crippen LogP contribution in [-0.4, -0.2) is 0 Å². The fourth-order valence-electron chi connectivity index (χ4n) is 1.95. The van der Waals surface area contributed by atoms with Crippen molar-refractivity contribution in [2.24, 2.45) is 0 Å². The van der Waals surface area contributed by atoms with Crippen molar-refractivity contribution in [3.63, 3.8) is 0 Å². The van der Waals surface area contributed by atoms with Gasteiger partial charge in [0.05, 0.1) is 5.38 Å². The number of fused-ring (bicyclic) bond motifs is 1. The molecule has 0 spiro atoms. The second-order valence-electron chi connectivity index (χ2n) is 3.75. The summed E-state index contributed by atoms with van der Waals surface area (Å²) in [7, 11) is 0. The van der Waals surface area contributed by atoms with E-state index < -0.39 is 0 Å². The van der Waals surface area contributed by atoms with Gasteiger partial charge in [0.2, 0.25) is 0 Å². The molecule has 0 saturated carbocycles. The zero-order chi connectivity index (χ0) is 10.1. The molecular formula is C13H15Cl. The number of halogens is 1. The number of rotatable bonds is 2. The van der Waals surface area contributed by atoms with Crippen molar-refractivity contribution in [1.29, 1.82) is 0 Å². The number of allylic oxidation sites excluding steroid dienone is 1. The molecule has 0 saturated heterocycles. The van der Waals surface area contributed by atoms with E-state index in [9.17, 15) is 0 Å². The summed E-state index contributed by atoms with van der Waals surface area (Å²) in [6.45, 7) is 4.34. The lowest BCUT2D eigenvalue weighted by Gasteiger charge is -2.08. The molecule has 0 heterocycles. The third-order valence-corrected chi connectivity index (χ3v) is 3.42. The molecule has 0 amide bonds. The van der Waals surface area contributed by atoms with Crippen molar-refractivity contribution < 1.29 is 0 Å². The zero-order valence-corrected chi connectivity index (χ0v) is 9.43. The Bertz CT molecular complexity index is 377. The molecule has 0 fully saturated rings. The maximum atomic E-state index is 6.37. The Morgan fingerprint density at radius 2 is 2.00 bits per heavy atom. The van der Waals surface area contributed by atoms with E-state index >= 15 is 0 Å². The molecular weight excluding hydrogens is 192 g/mol. The second-order valence-corrected chi connectivity index (χ2v) is 4.19.